The topological polar surface area (TPSA) is 74.8 Å². The van der Waals surface area contributed by atoms with Gasteiger partial charge in [0, 0.05) is 31.7 Å². The Kier molecular flexibility index (Phi) is 8.69. The number of benzene rings is 2. The van der Waals surface area contributed by atoms with E-state index in [-0.39, 0.29) is 5.91 Å². The molecule has 0 atom stereocenters. The van der Waals surface area contributed by atoms with Crippen molar-refractivity contribution in [1.82, 2.24) is 16.0 Å². The second-order valence-corrected chi connectivity index (χ2v) is 5.91. The van der Waals surface area contributed by atoms with E-state index in [2.05, 4.69) is 20.9 Å². The van der Waals surface area contributed by atoms with Crippen molar-refractivity contribution >= 4 is 11.9 Å². The average Bonchev–Trinajstić information content (AvgIpc) is 2.72. The number of hydrogen-bond acceptors (Lipinski definition) is 3. The largest absolute Gasteiger partial charge is 0.497 e. The third-order valence-corrected chi connectivity index (χ3v) is 3.91. The minimum absolute atomic E-state index is 0.0705. The van der Waals surface area contributed by atoms with Gasteiger partial charge in [-0.3, -0.25) is 9.79 Å². The Morgan fingerprint density at radius 3 is 2.33 bits per heavy atom. The van der Waals surface area contributed by atoms with Crippen molar-refractivity contribution in [3.63, 3.8) is 0 Å². The highest BCUT2D eigenvalue weighted by molar-refractivity contribution is 5.94. The number of methoxy groups -OCH3 is 1. The molecule has 6 nitrogen and oxygen atoms in total. The molecule has 3 N–H and O–H groups in total. The van der Waals surface area contributed by atoms with E-state index in [0.717, 1.165) is 24.7 Å². The number of guanidine groups is 1. The molecule has 0 spiro atoms. The van der Waals surface area contributed by atoms with Crippen LogP contribution in [0, 0.1) is 0 Å². The number of nitrogens with zero attached hydrogens (tertiary/aromatic N) is 1. The summed E-state index contributed by atoms with van der Waals surface area (Å²) in [6.07, 6.45) is 0.852. The molecule has 0 aliphatic heterocycles. The fourth-order valence-electron chi connectivity index (χ4n) is 2.48. The summed E-state index contributed by atoms with van der Waals surface area (Å²) in [5, 5.41) is 9.34. The summed E-state index contributed by atoms with van der Waals surface area (Å²) in [5.74, 6) is 1.54. The van der Waals surface area contributed by atoms with Crippen LogP contribution in [0.1, 0.15) is 22.8 Å². The number of carbonyl (C=O) groups excluding carboxylic acids is 1. The van der Waals surface area contributed by atoms with Gasteiger partial charge in [0.2, 0.25) is 0 Å². The zero-order valence-corrected chi connectivity index (χ0v) is 16.0. The van der Waals surface area contributed by atoms with Crippen LogP contribution in [0.25, 0.3) is 0 Å². The van der Waals surface area contributed by atoms with Crippen LogP contribution in [0.3, 0.4) is 0 Å². The average molecular weight is 368 g/mol. The third kappa shape index (κ3) is 7.40. The zero-order chi connectivity index (χ0) is 19.3. The van der Waals surface area contributed by atoms with E-state index >= 15 is 0 Å². The maximum atomic E-state index is 12.0. The van der Waals surface area contributed by atoms with Gasteiger partial charge in [0.05, 0.1) is 7.11 Å². The Bertz CT molecular complexity index is 715. The normalized spacial score (nSPS) is 11.0. The highest BCUT2D eigenvalue weighted by atomic mass is 16.5. The smallest absolute Gasteiger partial charge is 0.251 e. The first-order valence-electron chi connectivity index (χ1n) is 9.21. The first-order chi connectivity index (χ1) is 13.2. The molecule has 144 valence electrons. The Balaban J connectivity index is 1.73. The second kappa shape index (κ2) is 11.6. The molecule has 27 heavy (non-hydrogen) atoms. The number of ether oxygens (including phenoxy) is 1. The van der Waals surface area contributed by atoms with Crippen LogP contribution < -0.4 is 20.7 Å². The lowest BCUT2D eigenvalue weighted by atomic mass is 10.1. The van der Waals surface area contributed by atoms with Crippen molar-refractivity contribution in [2.45, 2.75) is 13.3 Å². The fraction of sp³-hybridized carbons (Fsp3) is 0.333. The lowest BCUT2D eigenvalue weighted by Gasteiger charge is -2.12. The molecule has 0 radical (unpaired) electrons. The molecule has 0 aliphatic rings. The van der Waals surface area contributed by atoms with Crippen molar-refractivity contribution in [2.24, 2.45) is 4.99 Å². The van der Waals surface area contributed by atoms with Crippen molar-refractivity contribution in [2.75, 3.05) is 33.3 Å². The molecule has 0 bridgehead atoms. The lowest BCUT2D eigenvalue weighted by Crippen LogP contribution is -2.41. The molecule has 2 aromatic rings. The molecular formula is C21H28N4O2. The Labute approximate surface area is 161 Å². The van der Waals surface area contributed by atoms with Crippen molar-refractivity contribution in [3.8, 4) is 5.75 Å². The molecule has 0 saturated carbocycles. The van der Waals surface area contributed by atoms with E-state index in [0.29, 0.717) is 25.2 Å². The minimum Gasteiger partial charge on any atom is -0.497 e. The highest BCUT2D eigenvalue weighted by Crippen LogP contribution is 2.11. The molecule has 0 saturated heterocycles. The Morgan fingerprint density at radius 2 is 1.67 bits per heavy atom. The van der Waals surface area contributed by atoms with Crippen molar-refractivity contribution in [1.29, 1.82) is 0 Å². The summed E-state index contributed by atoms with van der Waals surface area (Å²) < 4.78 is 5.17. The van der Waals surface area contributed by atoms with Gasteiger partial charge in [0.25, 0.3) is 5.91 Å². The molecule has 6 heteroatoms. The van der Waals surface area contributed by atoms with Crippen LogP contribution in [0.2, 0.25) is 0 Å². The molecule has 0 aromatic heterocycles. The maximum absolute atomic E-state index is 12.0. The summed E-state index contributed by atoms with van der Waals surface area (Å²) in [5.41, 5.74) is 1.88. The molecule has 0 unspecified atom stereocenters. The van der Waals surface area contributed by atoms with Crippen LogP contribution in [-0.4, -0.2) is 45.2 Å². The van der Waals surface area contributed by atoms with Gasteiger partial charge >= 0.3 is 0 Å². The predicted octanol–water partition coefficient (Wildman–Crippen LogP) is 2.22. The zero-order valence-electron chi connectivity index (χ0n) is 16.0. The summed E-state index contributed by atoms with van der Waals surface area (Å²) in [6.45, 7) is 4.62. The number of nitrogens with one attached hydrogen (secondary N) is 3. The molecule has 0 fully saturated rings. The number of aliphatic imine (C=N–C) groups is 1. The first-order valence-corrected chi connectivity index (χ1v) is 9.21. The number of rotatable bonds is 9. The summed E-state index contributed by atoms with van der Waals surface area (Å²) in [4.78, 5) is 16.6. The van der Waals surface area contributed by atoms with E-state index in [1.807, 2.05) is 49.4 Å². The van der Waals surface area contributed by atoms with Gasteiger partial charge in [0.15, 0.2) is 5.96 Å². The third-order valence-electron chi connectivity index (χ3n) is 3.91. The molecule has 1 amide bonds. The van der Waals surface area contributed by atoms with Gasteiger partial charge in [-0.05, 0) is 43.2 Å². The van der Waals surface area contributed by atoms with Crippen LogP contribution >= 0.6 is 0 Å². The minimum atomic E-state index is -0.0705. The molecule has 2 rings (SSSR count). The van der Waals surface area contributed by atoms with Crippen LogP contribution in [0.5, 0.6) is 5.75 Å². The standard InChI is InChI=1S/C21H28N4O2/c1-3-22-21(24-14-13-17-9-11-19(27-2)12-10-17)25-16-15-23-20(26)18-7-5-4-6-8-18/h4-12H,3,13-16H2,1-2H3,(H,23,26)(H2,22,24,25). The van der Waals surface area contributed by atoms with Crippen LogP contribution in [0.15, 0.2) is 59.6 Å². The van der Waals surface area contributed by atoms with Gasteiger partial charge in [0.1, 0.15) is 5.75 Å². The monoisotopic (exact) mass is 368 g/mol. The van der Waals surface area contributed by atoms with E-state index < -0.39 is 0 Å². The molecular weight excluding hydrogens is 340 g/mol. The van der Waals surface area contributed by atoms with Crippen molar-refractivity contribution < 1.29 is 9.53 Å². The van der Waals surface area contributed by atoms with Crippen LogP contribution in [-0.2, 0) is 6.42 Å². The van der Waals surface area contributed by atoms with E-state index in [4.69, 9.17) is 4.74 Å². The molecule has 0 aliphatic carbocycles. The first kappa shape index (κ1) is 20.3. The van der Waals surface area contributed by atoms with Crippen LogP contribution in [0.4, 0.5) is 0 Å². The van der Waals surface area contributed by atoms with E-state index in [1.54, 1.807) is 19.2 Å². The van der Waals surface area contributed by atoms with Gasteiger partial charge in [-0.1, -0.05) is 30.3 Å². The van der Waals surface area contributed by atoms with E-state index in [9.17, 15) is 4.79 Å². The highest BCUT2D eigenvalue weighted by Gasteiger charge is 2.03. The maximum Gasteiger partial charge on any atom is 0.251 e. The molecule has 0 heterocycles. The van der Waals surface area contributed by atoms with Gasteiger partial charge in [-0.25, -0.2) is 0 Å². The van der Waals surface area contributed by atoms with Gasteiger partial charge in [-0.15, -0.1) is 0 Å². The molecule has 2 aromatic carbocycles. The quantitative estimate of drug-likeness (QED) is 0.360. The van der Waals surface area contributed by atoms with Crippen molar-refractivity contribution in [3.05, 3.63) is 65.7 Å². The Hall–Kier alpha value is -3.02. The number of carbonyl (C=O) groups is 1. The van der Waals surface area contributed by atoms with Gasteiger partial charge < -0.3 is 20.7 Å². The SMILES string of the molecule is CCNC(=NCCc1ccc(OC)cc1)NCCNC(=O)c1ccccc1. The summed E-state index contributed by atoms with van der Waals surface area (Å²) >= 11 is 0. The van der Waals surface area contributed by atoms with E-state index in [1.165, 1.54) is 5.56 Å². The fourth-order valence-corrected chi connectivity index (χ4v) is 2.48. The number of hydrogen-bond donors (Lipinski definition) is 3. The lowest BCUT2D eigenvalue weighted by molar-refractivity contribution is 0.0954. The second-order valence-electron chi connectivity index (χ2n) is 5.91. The Morgan fingerprint density at radius 1 is 0.963 bits per heavy atom. The summed E-state index contributed by atoms with van der Waals surface area (Å²) in [7, 11) is 1.66. The van der Waals surface area contributed by atoms with Gasteiger partial charge in [-0.2, -0.15) is 0 Å². The predicted molar refractivity (Wildman–Crippen MR) is 109 cm³/mol. The summed E-state index contributed by atoms with van der Waals surface area (Å²) in [6, 6.07) is 17.2. The number of amides is 1.